The topological polar surface area (TPSA) is 58.6 Å². The van der Waals surface area contributed by atoms with Crippen LogP contribution in [-0.4, -0.2) is 34.2 Å². The lowest BCUT2D eigenvalue weighted by molar-refractivity contribution is -0.142. The monoisotopic (exact) mass is 278 g/mol. The summed E-state index contributed by atoms with van der Waals surface area (Å²) in [5.74, 6) is -0.612. The Labute approximate surface area is 116 Å². The van der Waals surface area contributed by atoms with Crippen molar-refractivity contribution >= 4 is 28.9 Å². The number of amides is 2. The van der Waals surface area contributed by atoms with Gasteiger partial charge in [-0.1, -0.05) is 42.5 Å². The van der Waals surface area contributed by atoms with E-state index in [9.17, 15) is 9.59 Å². The molecule has 2 rings (SSSR count). The number of nitrogens with one attached hydrogen (secondary N) is 1. The van der Waals surface area contributed by atoms with Crippen LogP contribution in [0.2, 0.25) is 0 Å². The van der Waals surface area contributed by atoms with E-state index in [4.69, 9.17) is 17.1 Å². The van der Waals surface area contributed by atoms with E-state index in [0.717, 1.165) is 5.56 Å². The van der Waals surface area contributed by atoms with Crippen molar-refractivity contribution in [2.24, 2.45) is 0 Å². The van der Waals surface area contributed by atoms with E-state index in [1.54, 1.807) is 6.92 Å². The highest BCUT2D eigenvalue weighted by Crippen LogP contribution is 2.15. The smallest absolute Gasteiger partial charge is 0.263 e. The molecule has 6 heteroatoms. The molecule has 0 bridgehead atoms. The summed E-state index contributed by atoms with van der Waals surface area (Å²) in [5, 5.41) is 0. The number of carbonyl (C=O) groups excluding carboxylic acids is 2. The van der Waals surface area contributed by atoms with Gasteiger partial charge in [-0.25, -0.2) is 5.48 Å². The van der Waals surface area contributed by atoms with Crippen molar-refractivity contribution in [2.45, 2.75) is 19.6 Å². The maximum atomic E-state index is 11.6. The number of carbonyl (C=O) groups is 2. The molecule has 1 unspecified atom stereocenters. The van der Waals surface area contributed by atoms with Gasteiger partial charge in [0.2, 0.25) is 0 Å². The molecule has 1 aromatic carbocycles. The Morgan fingerprint density at radius 1 is 1.42 bits per heavy atom. The van der Waals surface area contributed by atoms with Crippen molar-refractivity contribution in [2.75, 3.05) is 6.54 Å². The van der Waals surface area contributed by atoms with Crippen LogP contribution in [-0.2, 0) is 21.0 Å². The van der Waals surface area contributed by atoms with Crippen LogP contribution in [0.15, 0.2) is 30.3 Å². The Kier molecular flexibility index (Phi) is 4.24. The van der Waals surface area contributed by atoms with Gasteiger partial charge in [0.25, 0.3) is 11.8 Å². The molecule has 100 valence electrons. The second-order valence-corrected chi connectivity index (χ2v) is 4.71. The van der Waals surface area contributed by atoms with Crippen molar-refractivity contribution in [1.29, 1.82) is 0 Å². The molecule has 0 aromatic heterocycles. The van der Waals surface area contributed by atoms with Gasteiger partial charge in [-0.05, 0) is 12.5 Å². The molecular formula is C13H14N2O3S. The van der Waals surface area contributed by atoms with Crippen molar-refractivity contribution < 1.29 is 14.4 Å². The summed E-state index contributed by atoms with van der Waals surface area (Å²) in [7, 11) is 0. The molecule has 1 atom stereocenters. The third-order valence-electron chi connectivity index (χ3n) is 2.90. The molecule has 0 spiro atoms. The molecule has 1 fully saturated rings. The number of rotatable bonds is 5. The Bertz CT molecular complexity index is 504. The van der Waals surface area contributed by atoms with E-state index in [0.29, 0.717) is 4.86 Å². The Morgan fingerprint density at radius 3 is 2.74 bits per heavy atom. The zero-order chi connectivity index (χ0) is 13.8. The second kappa shape index (κ2) is 5.90. The summed E-state index contributed by atoms with van der Waals surface area (Å²) in [5.41, 5.74) is 3.27. The summed E-state index contributed by atoms with van der Waals surface area (Å²) in [6.45, 7) is 2.05. The number of thiocarbonyl (C=S) groups is 1. The number of likely N-dealkylation sites (tertiary alicyclic amines) is 1. The number of hydroxylamine groups is 1. The van der Waals surface area contributed by atoms with Crippen molar-refractivity contribution in [3.63, 3.8) is 0 Å². The highest BCUT2D eigenvalue weighted by atomic mass is 32.1. The van der Waals surface area contributed by atoms with Crippen LogP contribution < -0.4 is 5.48 Å². The largest absolute Gasteiger partial charge is 0.321 e. The second-order valence-electron chi connectivity index (χ2n) is 4.27. The molecule has 1 aliphatic heterocycles. The SMILES string of the molecule is CC1C(=S)C(=O)N1CC(=O)NOCc1ccccc1. The van der Waals surface area contributed by atoms with Crippen LogP contribution >= 0.6 is 12.2 Å². The molecule has 1 N–H and O–H groups in total. The van der Waals surface area contributed by atoms with Gasteiger partial charge in [-0.2, -0.15) is 0 Å². The zero-order valence-electron chi connectivity index (χ0n) is 10.5. The Morgan fingerprint density at radius 2 is 2.11 bits per heavy atom. The minimum atomic E-state index is -0.362. The highest BCUT2D eigenvalue weighted by Gasteiger charge is 2.39. The Balaban J connectivity index is 1.71. The van der Waals surface area contributed by atoms with Crippen molar-refractivity contribution in [3.05, 3.63) is 35.9 Å². The van der Waals surface area contributed by atoms with Gasteiger partial charge >= 0.3 is 0 Å². The lowest BCUT2D eigenvalue weighted by Gasteiger charge is -2.37. The van der Waals surface area contributed by atoms with Gasteiger partial charge < -0.3 is 4.90 Å². The van der Waals surface area contributed by atoms with Gasteiger partial charge in [0.1, 0.15) is 11.4 Å². The molecular weight excluding hydrogens is 264 g/mol. The van der Waals surface area contributed by atoms with Crippen LogP contribution in [0.4, 0.5) is 0 Å². The third-order valence-corrected chi connectivity index (χ3v) is 3.42. The average Bonchev–Trinajstić information content (AvgIpc) is 2.44. The van der Waals surface area contributed by atoms with Gasteiger partial charge in [0.15, 0.2) is 0 Å². The minimum Gasteiger partial charge on any atom is -0.321 e. The minimum absolute atomic E-state index is 0.0328. The summed E-state index contributed by atoms with van der Waals surface area (Å²) in [6.07, 6.45) is 0. The van der Waals surface area contributed by atoms with E-state index in [-0.39, 0.29) is 31.0 Å². The summed E-state index contributed by atoms with van der Waals surface area (Å²) < 4.78 is 0. The maximum absolute atomic E-state index is 11.6. The number of nitrogens with zero attached hydrogens (tertiary/aromatic N) is 1. The van der Waals surface area contributed by atoms with Crippen LogP contribution in [0.3, 0.4) is 0 Å². The highest BCUT2D eigenvalue weighted by molar-refractivity contribution is 7.82. The van der Waals surface area contributed by atoms with E-state index in [2.05, 4.69) is 5.48 Å². The lowest BCUT2D eigenvalue weighted by Crippen LogP contribution is -2.61. The van der Waals surface area contributed by atoms with Crippen LogP contribution in [0.5, 0.6) is 0 Å². The Hall–Kier alpha value is -1.79. The van der Waals surface area contributed by atoms with E-state index < -0.39 is 0 Å². The fraction of sp³-hybridized carbons (Fsp3) is 0.308. The molecule has 0 radical (unpaired) electrons. The maximum Gasteiger partial charge on any atom is 0.263 e. The molecule has 0 aliphatic carbocycles. The standard InChI is InChI=1S/C13H14N2O3S/c1-9-12(19)13(17)15(9)7-11(16)14-18-8-10-5-3-2-4-6-10/h2-6,9H,7-8H2,1H3,(H,14,16). The summed E-state index contributed by atoms with van der Waals surface area (Å²) in [6, 6.07) is 9.32. The summed E-state index contributed by atoms with van der Waals surface area (Å²) in [4.78, 5) is 29.8. The quantitative estimate of drug-likeness (QED) is 0.492. The molecule has 1 saturated heterocycles. The van der Waals surface area contributed by atoms with Crippen LogP contribution in [0.1, 0.15) is 12.5 Å². The third kappa shape index (κ3) is 3.15. The van der Waals surface area contributed by atoms with E-state index >= 15 is 0 Å². The molecule has 19 heavy (non-hydrogen) atoms. The number of benzene rings is 1. The summed E-state index contributed by atoms with van der Waals surface area (Å²) >= 11 is 4.86. The van der Waals surface area contributed by atoms with E-state index in [1.807, 2.05) is 30.3 Å². The number of hydrogen-bond acceptors (Lipinski definition) is 4. The van der Waals surface area contributed by atoms with Crippen LogP contribution in [0.25, 0.3) is 0 Å². The molecule has 1 aliphatic rings. The van der Waals surface area contributed by atoms with E-state index in [1.165, 1.54) is 4.90 Å². The zero-order valence-corrected chi connectivity index (χ0v) is 11.3. The fourth-order valence-corrected chi connectivity index (χ4v) is 1.99. The normalized spacial score (nSPS) is 18.2. The number of hydrogen-bond donors (Lipinski definition) is 1. The average molecular weight is 278 g/mol. The van der Waals surface area contributed by atoms with Crippen molar-refractivity contribution in [3.8, 4) is 0 Å². The molecule has 1 aromatic rings. The van der Waals surface area contributed by atoms with Crippen molar-refractivity contribution in [1.82, 2.24) is 10.4 Å². The van der Waals surface area contributed by atoms with Gasteiger partial charge in [-0.3, -0.25) is 14.4 Å². The predicted molar refractivity (Wildman–Crippen MR) is 73.1 cm³/mol. The first-order valence-electron chi connectivity index (χ1n) is 5.89. The van der Waals surface area contributed by atoms with Gasteiger partial charge in [0, 0.05) is 0 Å². The first-order valence-corrected chi connectivity index (χ1v) is 6.30. The number of β-lactam (4-membered cyclic amide) rings is 1. The fourth-order valence-electron chi connectivity index (χ4n) is 1.74. The first-order chi connectivity index (χ1) is 9.09. The first kappa shape index (κ1) is 13.6. The molecule has 0 saturated carbocycles. The van der Waals surface area contributed by atoms with Crippen LogP contribution in [0, 0.1) is 0 Å². The predicted octanol–water partition coefficient (Wildman–Crippen LogP) is 0.835. The molecule has 2 amide bonds. The molecule has 1 heterocycles. The lowest BCUT2D eigenvalue weighted by atomic mass is 10.0. The van der Waals surface area contributed by atoms with Gasteiger partial charge in [-0.15, -0.1) is 0 Å². The van der Waals surface area contributed by atoms with Gasteiger partial charge in [0.05, 0.1) is 12.6 Å². The molecule has 5 nitrogen and oxygen atoms in total.